The number of hydrogen-bond acceptors (Lipinski definition) is 2. The van der Waals surface area contributed by atoms with E-state index in [2.05, 4.69) is 178 Å². The number of hydrogen-bond donors (Lipinski definition) is 0. The molecule has 0 fully saturated rings. The first-order chi connectivity index (χ1) is 24.8. The van der Waals surface area contributed by atoms with E-state index in [9.17, 15) is 0 Å². The first-order valence-electron chi connectivity index (χ1n) is 18.6. The van der Waals surface area contributed by atoms with Crippen LogP contribution in [0.2, 0.25) is 0 Å². The van der Waals surface area contributed by atoms with Crippen molar-refractivity contribution in [1.82, 2.24) is 14.1 Å². The fraction of sp³-hybridized carbons (Fsp3) is 0.333. The summed E-state index contributed by atoms with van der Waals surface area (Å²) >= 11 is 0. The minimum Gasteiger partial charge on any atom is -0.510 e. The van der Waals surface area contributed by atoms with E-state index in [0.29, 0.717) is 11.5 Å². The summed E-state index contributed by atoms with van der Waals surface area (Å²) in [5, 5.41) is 2.28. The number of fused-ring (bicyclic) bond motifs is 3. The van der Waals surface area contributed by atoms with Gasteiger partial charge in [-0.2, -0.15) is 18.2 Å². The van der Waals surface area contributed by atoms with Crippen LogP contribution in [-0.2, 0) is 42.7 Å². The van der Waals surface area contributed by atoms with E-state index in [1.807, 2.05) is 35.0 Å². The van der Waals surface area contributed by atoms with E-state index in [1.165, 1.54) is 22.1 Å². The van der Waals surface area contributed by atoms with Gasteiger partial charge >= 0.3 is 0 Å². The van der Waals surface area contributed by atoms with Crippen molar-refractivity contribution in [1.29, 1.82) is 0 Å². The van der Waals surface area contributed by atoms with Gasteiger partial charge in [0.25, 0.3) is 6.33 Å². The maximum absolute atomic E-state index is 6.55. The van der Waals surface area contributed by atoms with Crippen molar-refractivity contribution in [2.75, 3.05) is 0 Å². The summed E-state index contributed by atoms with van der Waals surface area (Å²) in [5.74, 6) is 2.07. The molecule has 0 saturated heterocycles. The predicted octanol–water partition coefficient (Wildman–Crippen LogP) is 11.6. The van der Waals surface area contributed by atoms with E-state index < -0.39 is 0 Å². The molecule has 5 nitrogen and oxygen atoms in total. The molecule has 0 aliphatic carbocycles. The Bertz CT molecular complexity index is 2470. The predicted molar refractivity (Wildman–Crippen MR) is 217 cm³/mol. The number of pyridine rings is 1. The van der Waals surface area contributed by atoms with Gasteiger partial charge in [0.1, 0.15) is 5.82 Å². The summed E-state index contributed by atoms with van der Waals surface area (Å²) in [6.07, 6.45) is 7.68. The molecule has 0 aliphatic rings. The molecule has 54 heavy (non-hydrogen) atoms. The third-order valence-electron chi connectivity index (χ3n) is 10.0. The van der Waals surface area contributed by atoms with E-state index in [4.69, 9.17) is 9.72 Å². The Labute approximate surface area is 336 Å². The molecule has 0 spiro atoms. The summed E-state index contributed by atoms with van der Waals surface area (Å²) in [6, 6.07) is 37.1. The van der Waals surface area contributed by atoms with E-state index >= 15 is 0 Å². The van der Waals surface area contributed by atoms with Crippen LogP contribution >= 0.6 is 0 Å². The molecule has 0 aliphatic heterocycles. The minimum atomic E-state index is -0.120. The summed E-state index contributed by atoms with van der Waals surface area (Å²) in [5.41, 5.74) is 8.79. The van der Waals surface area contributed by atoms with E-state index in [-0.39, 0.29) is 42.7 Å². The minimum absolute atomic E-state index is 0. The third-order valence-corrected chi connectivity index (χ3v) is 10.0. The Hall–Kier alpha value is -4.47. The van der Waals surface area contributed by atoms with Crippen molar-refractivity contribution < 1.29 is 30.4 Å². The number of imidazole rings is 1. The summed E-state index contributed by atoms with van der Waals surface area (Å²) < 4.78 is 13.0. The molecule has 7 rings (SSSR count). The number of benzene rings is 4. The third kappa shape index (κ3) is 7.71. The Kier molecular flexibility index (Phi) is 10.2. The molecule has 0 amide bonds. The van der Waals surface area contributed by atoms with Crippen molar-refractivity contribution in [3.8, 4) is 28.7 Å². The molecule has 6 heteroatoms. The molecule has 3 heterocycles. The number of aromatic nitrogens is 4. The van der Waals surface area contributed by atoms with Gasteiger partial charge in [0, 0.05) is 50.5 Å². The monoisotopic (exact) mass is 895 g/mol. The van der Waals surface area contributed by atoms with Gasteiger partial charge in [-0.1, -0.05) is 113 Å². The van der Waals surface area contributed by atoms with Gasteiger partial charge < -0.3 is 13.9 Å². The van der Waals surface area contributed by atoms with Crippen molar-refractivity contribution in [3.63, 3.8) is 0 Å². The van der Waals surface area contributed by atoms with Gasteiger partial charge in [-0.15, -0.1) is 29.7 Å². The van der Waals surface area contributed by atoms with Crippen molar-refractivity contribution in [3.05, 3.63) is 138 Å². The molecule has 0 unspecified atom stereocenters. The molecular weight excluding hydrogens is 844 g/mol. The van der Waals surface area contributed by atoms with Gasteiger partial charge in [-0.25, -0.2) is 4.98 Å². The molecule has 0 bridgehead atoms. The molecule has 7 aromatic rings. The van der Waals surface area contributed by atoms with Crippen LogP contribution in [0.5, 0.6) is 11.5 Å². The maximum atomic E-state index is 6.55. The number of nitrogens with zero attached hydrogens (tertiary/aromatic N) is 4. The van der Waals surface area contributed by atoms with Gasteiger partial charge in [0.2, 0.25) is 0 Å². The van der Waals surface area contributed by atoms with Crippen LogP contribution in [0.25, 0.3) is 39.0 Å². The molecule has 3 aromatic heterocycles. The smallest absolute Gasteiger partial charge is 0.267 e. The van der Waals surface area contributed by atoms with Crippen molar-refractivity contribution in [2.45, 2.75) is 105 Å². The zero-order valence-corrected chi connectivity index (χ0v) is 36.0. The quantitative estimate of drug-likeness (QED) is 0.127. The van der Waals surface area contributed by atoms with Crippen LogP contribution in [0.4, 0.5) is 0 Å². The number of ether oxygens (including phenoxy) is 1. The van der Waals surface area contributed by atoms with Crippen LogP contribution in [0.3, 0.4) is 0 Å². The second kappa shape index (κ2) is 14.0. The van der Waals surface area contributed by atoms with Crippen molar-refractivity contribution >= 4 is 21.8 Å². The van der Waals surface area contributed by atoms with Crippen LogP contribution < -0.4 is 9.30 Å². The topological polar surface area (TPSA) is 35.9 Å². The first kappa shape index (κ1) is 39.2. The molecule has 0 atom stereocenters. The van der Waals surface area contributed by atoms with Gasteiger partial charge in [0.05, 0.1) is 11.4 Å². The SMILES string of the molecule is CC(C)(C)c1cccc(-[n+]2[c-]n(-c3[c-]c(Oc4[c-]c5c(cc4)c4cc(C(C)(C)C)ccc4n5-c4cc(C(C)(C)C)ccn4)ccc3)cc2C(C)(C)C)c1.[Pt]. The maximum Gasteiger partial charge on any atom is 0.267 e. The normalized spacial score (nSPS) is 12.7. The summed E-state index contributed by atoms with van der Waals surface area (Å²) in [7, 11) is 0. The molecular formula is C48H52N4OPt-2. The summed E-state index contributed by atoms with van der Waals surface area (Å²) in [4.78, 5) is 4.88. The number of rotatable bonds is 5. The Balaban J connectivity index is 0.00000497. The second-order valence-corrected chi connectivity index (χ2v) is 18.4. The van der Waals surface area contributed by atoms with Crippen LogP contribution in [-0.4, -0.2) is 14.1 Å². The average molecular weight is 896 g/mol. The van der Waals surface area contributed by atoms with Crippen LogP contribution in [0, 0.1) is 18.5 Å². The zero-order valence-electron chi connectivity index (χ0n) is 33.8. The fourth-order valence-electron chi connectivity index (χ4n) is 6.78. The summed E-state index contributed by atoms with van der Waals surface area (Å²) in [6.45, 7) is 26.9. The average Bonchev–Trinajstić information content (AvgIpc) is 3.68. The largest absolute Gasteiger partial charge is 0.510 e. The fourth-order valence-corrected chi connectivity index (χ4v) is 6.78. The molecule has 4 aromatic carbocycles. The van der Waals surface area contributed by atoms with Gasteiger partial charge in [-0.05, 0) is 79.8 Å². The molecule has 0 radical (unpaired) electrons. The standard InChI is InChI=1S/C48H52N4O.Pt/c1-45(2,3)32-15-13-17-36(25-32)51-31-50(30-43(51)48(10,11)12)35-16-14-18-37(28-35)53-38-20-21-39-40-26-33(46(4,5)6)19-22-41(40)52(42(39)29-38)44-27-34(23-24-49-44)47(7,8)9;/h13-27,30H,1-12H3;/q-2;. The van der Waals surface area contributed by atoms with E-state index in [1.54, 1.807) is 0 Å². The first-order valence-corrected chi connectivity index (χ1v) is 18.6. The molecule has 282 valence electrons. The Morgan fingerprint density at radius 1 is 0.611 bits per heavy atom. The van der Waals surface area contributed by atoms with Crippen LogP contribution in [0.15, 0.2) is 97.3 Å². The van der Waals surface area contributed by atoms with Gasteiger partial charge in [0.15, 0.2) is 0 Å². The Morgan fingerprint density at radius 3 is 1.94 bits per heavy atom. The second-order valence-electron chi connectivity index (χ2n) is 18.4. The molecule has 0 N–H and O–H groups in total. The van der Waals surface area contributed by atoms with E-state index in [0.717, 1.165) is 39.3 Å². The Morgan fingerprint density at radius 2 is 1.26 bits per heavy atom. The zero-order chi connectivity index (χ0) is 38.1. The molecule has 0 saturated carbocycles. The van der Waals surface area contributed by atoms with Gasteiger partial charge in [-0.3, -0.25) is 4.57 Å². The van der Waals surface area contributed by atoms with Crippen LogP contribution in [0.1, 0.15) is 105 Å². The van der Waals surface area contributed by atoms with Crippen molar-refractivity contribution in [2.24, 2.45) is 0 Å².